The van der Waals surface area contributed by atoms with Gasteiger partial charge in [-0.05, 0) is 12.1 Å². The van der Waals surface area contributed by atoms with Gasteiger partial charge in [-0.2, -0.15) is 9.37 Å². The molecule has 1 unspecified atom stereocenters. The summed E-state index contributed by atoms with van der Waals surface area (Å²) in [5.41, 5.74) is 0. The largest absolute Gasteiger partial charge is 0.507 e. The molecule has 25 heavy (non-hydrogen) atoms. The number of hydrogen-bond donors (Lipinski definition) is 3. The predicted octanol–water partition coefficient (Wildman–Crippen LogP) is 3.26. The summed E-state index contributed by atoms with van der Waals surface area (Å²) < 4.78 is 30.9. The lowest BCUT2D eigenvalue weighted by molar-refractivity contribution is -0.134. The Morgan fingerprint density at radius 2 is 2.08 bits per heavy atom. The van der Waals surface area contributed by atoms with Crippen LogP contribution in [0.4, 0.5) is 10.2 Å². The van der Waals surface area contributed by atoms with Gasteiger partial charge in [0.25, 0.3) is 0 Å². The first-order valence-electron chi connectivity index (χ1n) is 6.55. The van der Waals surface area contributed by atoms with Crippen LogP contribution in [0.3, 0.4) is 0 Å². The highest BCUT2D eigenvalue weighted by molar-refractivity contribution is 7.84. The molecule has 0 radical (unpaired) electrons. The molecule has 0 saturated heterocycles. The lowest BCUT2D eigenvalue weighted by Crippen LogP contribution is -2.14. The van der Waals surface area contributed by atoms with E-state index in [9.17, 15) is 18.5 Å². The molecule has 0 aliphatic heterocycles. The molecule has 1 aromatic heterocycles. The molecule has 1 atom stereocenters. The van der Waals surface area contributed by atoms with Crippen LogP contribution in [-0.4, -0.2) is 38.2 Å². The van der Waals surface area contributed by atoms with Gasteiger partial charge in [0.2, 0.25) is 5.95 Å². The minimum atomic E-state index is -1.50. The molecule has 0 saturated carbocycles. The van der Waals surface area contributed by atoms with E-state index in [1.54, 1.807) is 0 Å². The molecular weight excluding hydrogens is 398 g/mol. The number of anilines is 1. The van der Waals surface area contributed by atoms with Gasteiger partial charge >= 0.3 is 5.97 Å². The third-order valence-electron chi connectivity index (χ3n) is 2.87. The number of carboxylic acids is 1. The fraction of sp³-hybridized carbons (Fsp3) is 0.143. The molecule has 3 N–H and O–H groups in total. The van der Waals surface area contributed by atoms with Crippen LogP contribution in [0, 0.1) is 5.95 Å². The van der Waals surface area contributed by atoms with Crippen molar-refractivity contribution in [2.24, 2.45) is 0 Å². The molecule has 2 aromatic rings. The van der Waals surface area contributed by atoms with E-state index in [0.717, 1.165) is 0 Å². The summed E-state index contributed by atoms with van der Waals surface area (Å²) in [5, 5.41) is 19.9. The van der Waals surface area contributed by atoms with E-state index in [4.69, 9.17) is 33.0 Å². The van der Waals surface area contributed by atoms with E-state index in [1.165, 1.54) is 24.5 Å². The zero-order valence-electron chi connectivity index (χ0n) is 12.5. The van der Waals surface area contributed by atoms with Crippen molar-refractivity contribution >= 4 is 45.8 Å². The number of pyridine rings is 1. The van der Waals surface area contributed by atoms with E-state index in [2.05, 4.69) is 10.3 Å². The summed E-state index contributed by atoms with van der Waals surface area (Å²) in [6.45, 7) is -0.550. The normalized spacial score (nSPS) is 11.8. The topological polar surface area (TPSA) is 109 Å². The molecule has 1 aromatic carbocycles. The van der Waals surface area contributed by atoms with Crippen LogP contribution in [0.15, 0.2) is 23.1 Å². The molecule has 0 bridgehead atoms. The fourth-order valence-electron chi connectivity index (χ4n) is 1.77. The van der Waals surface area contributed by atoms with E-state index >= 15 is 0 Å². The van der Waals surface area contributed by atoms with Crippen LogP contribution >= 0.6 is 23.2 Å². The SMILES string of the molecule is CS(=O)c1cc(Oc2c(Cl)c(F)nc(NCC(=O)O)c2Cl)ccc1O. The van der Waals surface area contributed by atoms with Gasteiger partial charge in [-0.1, -0.05) is 23.2 Å². The molecule has 134 valence electrons. The Morgan fingerprint density at radius 1 is 1.40 bits per heavy atom. The number of phenols is 1. The smallest absolute Gasteiger partial charge is 0.322 e. The minimum Gasteiger partial charge on any atom is -0.507 e. The quantitative estimate of drug-likeness (QED) is 0.629. The number of aliphatic carboxylic acids is 1. The van der Waals surface area contributed by atoms with Crippen LogP contribution < -0.4 is 10.1 Å². The summed E-state index contributed by atoms with van der Waals surface area (Å²) >= 11 is 11.9. The number of phenolic OH excluding ortho intramolecular Hbond substituents is 1. The maximum absolute atomic E-state index is 13.9. The van der Waals surface area contributed by atoms with E-state index in [1.807, 2.05) is 0 Å². The molecular formula is C14H11Cl2FN2O5S. The predicted molar refractivity (Wildman–Crippen MR) is 90.9 cm³/mol. The second-order valence-electron chi connectivity index (χ2n) is 4.64. The summed E-state index contributed by atoms with van der Waals surface area (Å²) in [6.07, 6.45) is 1.36. The molecule has 0 spiro atoms. The monoisotopic (exact) mass is 408 g/mol. The Hall–Kier alpha value is -2.10. The number of nitrogens with one attached hydrogen (secondary N) is 1. The lowest BCUT2D eigenvalue weighted by Gasteiger charge is -2.14. The first-order chi connectivity index (χ1) is 11.7. The van der Waals surface area contributed by atoms with Gasteiger partial charge in [-0.15, -0.1) is 0 Å². The number of aromatic nitrogens is 1. The highest BCUT2D eigenvalue weighted by Gasteiger charge is 2.21. The summed E-state index contributed by atoms with van der Waals surface area (Å²) in [7, 11) is -1.50. The highest BCUT2D eigenvalue weighted by atomic mass is 35.5. The van der Waals surface area contributed by atoms with Crippen LogP contribution in [0.2, 0.25) is 10.0 Å². The third kappa shape index (κ3) is 4.50. The number of carboxylic acid groups (broad SMARTS) is 1. The van der Waals surface area contributed by atoms with Crippen molar-refractivity contribution in [2.45, 2.75) is 4.90 Å². The summed E-state index contributed by atoms with van der Waals surface area (Å²) in [5.74, 6) is -3.01. The van der Waals surface area contributed by atoms with Gasteiger partial charge in [0.1, 0.15) is 28.1 Å². The van der Waals surface area contributed by atoms with Crippen molar-refractivity contribution in [1.29, 1.82) is 0 Å². The number of benzene rings is 1. The Morgan fingerprint density at radius 3 is 2.68 bits per heavy atom. The van der Waals surface area contributed by atoms with Gasteiger partial charge in [0.15, 0.2) is 11.6 Å². The molecule has 1 heterocycles. The molecule has 0 aliphatic carbocycles. The van der Waals surface area contributed by atoms with Crippen LogP contribution in [0.1, 0.15) is 0 Å². The number of halogens is 3. The number of ether oxygens (including phenoxy) is 1. The molecule has 0 aliphatic rings. The van der Waals surface area contributed by atoms with Crippen molar-refractivity contribution in [2.75, 3.05) is 18.1 Å². The molecule has 2 rings (SSSR count). The van der Waals surface area contributed by atoms with E-state index in [-0.39, 0.29) is 33.0 Å². The Labute approximate surface area is 153 Å². The second-order valence-corrected chi connectivity index (χ2v) is 6.75. The Balaban J connectivity index is 2.43. The van der Waals surface area contributed by atoms with Crippen LogP contribution in [0.5, 0.6) is 17.2 Å². The second kappa shape index (κ2) is 7.85. The van der Waals surface area contributed by atoms with Crippen LogP contribution in [0.25, 0.3) is 0 Å². The van der Waals surface area contributed by atoms with Gasteiger partial charge in [0, 0.05) is 12.3 Å². The molecule has 0 fully saturated rings. The number of hydrogen-bond acceptors (Lipinski definition) is 6. The van der Waals surface area contributed by atoms with Crippen molar-refractivity contribution in [3.8, 4) is 17.2 Å². The zero-order valence-corrected chi connectivity index (χ0v) is 14.9. The summed E-state index contributed by atoms with van der Waals surface area (Å²) in [4.78, 5) is 14.1. The first kappa shape index (κ1) is 19.2. The number of aromatic hydroxyl groups is 1. The van der Waals surface area contributed by atoms with E-state index in [0.29, 0.717) is 0 Å². The Kier molecular flexibility index (Phi) is 6.04. The van der Waals surface area contributed by atoms with E-state index < -0.39 is 34.3 Å². The number of carbonyl (C=O) groups is 1. The zero-order chi connectivity index (χ0) is 18.7. The Bertz CT molecular complexity index is 866. The maximum Gasteiger partial charge on any atom is 0.322 e. The number of rotatable bonds is 6. The molecule has 0 amide bonds. The van der Waals surface area contributed by atoms with Crippen molar-refractivity contribution in [1.82, 2.24) is 4.98 Å². The van der Waals surface area contributed by atoms with Gasteiger partial charge in [0.05, 0.1) is 15.7 Å². The highest BCUT2D eigenvalue weighted by Crippen LogP contribution is 2.41. The van der Waals surface area contributed by atoms with Crippen molar-refractivity contribution in [3.63, 3.8) is 0 Å². The summed E-state index contributed by atoms with van der Waals surface area (Å²) in [6, 6.07) is 3.86. The fourth-order valence-corrected chi connectivity index (χ4v) is 2.88. The average molecular weight is 409 g/mol. The van der Waals surface area contributed by atoms with Gasteiger partial charge in [-0.25, -0.2) is 0 Å². The first-order valence-corrected chi connectivity index (χ1v) is 8.86. The lowest BCUT2D eigenvalue weighted by atomic mass is 10.3. The number of nitrogens with zero attached hydrogens (tertiary/aromatic N) is 1. The van der Waals surface area contributed by atoms with Crippen LogP contribution in [-0.2, 0) is 15.6 Å². The van der Waals surface area contributed by atoms with Crippen molar-refractivity contribution in [3.05, 3.63) is 34.2 Å². The molecule has 11 heteroatoms. The minimum absolute atomic E-state index is 0.0848. The molecule has 7 nitrogen and oxygen atoms in total. The van der Waals surface area contributed by atoms with Gasteiger partial charge in [-0.3, -0.25) is 9.00 Å². The van der Waals surface area contributed by atoms with Crippen molar-refractivity contribution < 1.29 is 28.3 Å². The third-order valence-corrected chi connectivity index (χ3v) is 4.49. The maximum atomic E-state index is 13.9. The average Bonchev–Trinajstić information content (AvgIpc) is 2.54. The standard InChI is InChI=1S/C14H11Cl2FN2O5S/c1-25(23)8-4-6(2-3-7(8)20)24-12-10(15)13(17)19-14(11(12)16)18-5-9(21)22/h2-4,20H,5H2,1H3,(H,18,19)(H,21,22). The van der Waals surface area contributed by atoms with Gasteiger partial charge < -0.3 is 20.3 Å².